The first kappa shape index (κ1) is 6.59. The molecule has 2 nitrogen and oxygen atoms in total. The monoisotopic (exact) mass is 126 g/mol. The van der Waals surface area contributed by atoms with Crippen LogP contribution in [0, 0.1) is 11.3 Å². The van der Waals surface area contributed by atoms with Gasteiger partial charge in [0.2, 0.25) is 0 Å². The highest BCUT2D eigenvalue weighted by Crippen LogP contribution is 2.13. The van der Waals surface area contributed by atoms with Crippen LogP contribution in [0.4, 0.5) is 0 Å². The molecule has 1 aliphatic rings. The lowest BCUT2D eigenvalue weighted by atomic mass is 10.0. The molecule has 0 bridgehead atoms. The molecule has 1 rings (SSSR count). The zero-order chi connectivity index (χ0) is 6.69. The van der Waals surface area contributed by atoms with Gasteiger partial charge in [-0.3, -0.25) is 5.41 Å². The van der Waals surface area contributed by atoms with Gasteiger partial charge in [-0.1, -0.05) is 6.92 Å². The third kappa shape index (κ3) is 1.70. The van der Waals surface area contributed by atoms with Gasteiger partial charge < -0.3 is 4.90 Å². The summed E-state index contributed by atoms with van der Waals surface area (Å²) < 4.78 is 0. The van der Waals surface area contributed by atoms with Crippen molar-refractivity contribution in [1.82, 2.24) is 4.90 Å². The van der Waals surface area contributed by atoms with Gasteiger partial charge in [-0.25, -0.2) is 0 Å². The van der Waals surface area contributed by atoms with E-state index in [-0.39, 0.29) is 0 Å². The molecule has 1 fully saturated rings. The van der Waals surface area contributed by atoms with Gasteiger partial charge in [-0.15, -0.1) is 0 Å². The molecule has 0 radical (unpaired) electrons. The molecule has 9 heavy (non-hydrogen) atoms. The highest BCUT2D eigenvalue weighted by atomic mass is 15.1. The van der Waals surface area contributed by atoms with Crippen molar-refractivity contribution < 1.29 is 0 Å². The van der Waals surface area contributed by atoms with Gasteiger partial charge in [0.05, 0.1) is 6.34 Å². The second-order valence-electron chi connectivity index (χ2n) is 2.87. The first-order valence-electron chi connectivity index (χ1n) is 3.57. The Morgan fingerprint density at radius 3 is 2.89 bits per heavy atom. The third-order valence-corrected chi connectivity index (χ3v) is 1.87. The van der Waals surface area contributed by atoms with Crippen molar-refractivity contribution in [2.75, 3.05) is 13.1 Å². The van der Waals surface area contributed by atoms with Crippen LogP contribution in [0.2, 0.25) is 0 Å². The molecular formula is C7H14N2. The Hall–Kier alpha value is -0.530. The molecule has 0 spiro atoms. The summed E-state index contributed by atoms with van der Waals surface area (Å²) in [6.45, 7) is 4.42. The van der Waals surface area contributed by atoms with Gasteiger partial charge in [0, 0.05) is 13.1 Å². The van der Waals surface area contributed by atoms with Crippen LogP contribution in [0.5, 0.6) is 0 Å². The molecule has 1 heterocycles. The summed E-state index contributed by atoms with van der Waals surface area (Å²) in [5.74, 6) is 0.792. The number of nitrogens with zero attached hydrogens (tertiary/aromatic N) is 1. The van der Waals surface area contributed by atoms with E-state index in [0.717, 1.165) is 19.0 Å². The average molecular weight is 126 g/mol. The lowest BCUT2D eigenvalue weighted by Gasteiger charge is -2.28. The number of piperidine rings is 1. The van der Waals surface area contributed by atoms with E-state index in [1.165, 1.54) is 19.2 Å². The Morgan fingerprint density at radius 1 is 1.67 bits per heavy atom. The van der Waals surface area contributed by atoms with Crippen molar-refractivity contribution in [2.24, 2.45) is 5.92 Å². The second kappa shape index (κ2) is 2.85. The predicted molar refractivity (Wildman–Crippen MR) is 38.8 cm³/mol. The first-order chi connectivity index (χ1) is 4.33. The molecule has 52 valence electrons. The highest BCUT2D eigenvalue weighted by Gasteiger charge is 2.12. The molecule has 1 N–H and O–H groups in total. The van der Waals surface area contributed by atoms with Crippen LogP contribution in [0.3, 0.4) is 0 Å². The summed E-state index contributed by atoms with van der Waals surface area (Å²) in [5.41, 5.74) is 0. The molecule has 0 unspecified atom stereocenters. The van der Waals surface area contributed by atoms with Crippen LogP contribution < -0.4 is 0 Å². The quantitative estimate of drug-likeness (QED) is 0.416. The fraction of sp³-hybridized carbons (Fsp3) is 0.857. The Morgan fingerprint density at radius 2 is 2.44 bits per heavy atom. The highest BCUT2D eigenvalue weighted by molar-refractivity contribution is 5.50. The van der Waals surface area contributed by atoms with Crippen LogP contribution in [0.1, 0.15) is 19.8 Å². The molecule has 2 heteroatoms. The van der Waals surface area contributed by atoms with Crippen molar-refractivity contribution in [3.8, 4) is 0 Å². The Balaban J connectivity index is 2.31. The third-order valence-electron chi connectivity index (χ3n) is 1.87. The maximum Gasteiger partial charge on any atom is 0.0817 e. The summed E-state index contributed by atoms with van der Waals surface area (Å²) in [7, 11) is 0. The van der Waals surface area contributed by atoms with Crippen LogP contribution in [0.15, 0.2) is 0 Å². The molecule has 1 saturated heterocycles. The smallest absolute Gasteiger partial charge is 0.0817 e. The van der Waals surface area contributed by atoms with Crippen molar-refractivity contribution >= 4 is 6.34 Å². The SMILES string of the molecule is C[C@@H]1CCCN(C=N)C1. The van der Waals surface area contributed by atoms with Crippen molar-refractivity contribution in [2.45, 2.75) is 19.8 Å². The topological polar surface area (TPSA) is 27.1 Å². The molecule has 0 aliphatic carbocycles. The lowest BCUT2D eigenvalue weighted by Crippen LogP contribution is -2.32. The molecular weight excluding hydrogens is 112 g/mol. The minimum absolute atomic E-state index is 0.792. The molecule has 0 aromatic carbocycles. The van der Waals surface area contributed by atoms with E-state index in [2.05, 4.69) is 11.8 Å². The normalized spacial score (nSPS) is 28.1. The number of hydrogen-bond acceptors (Lipinski definition) is 1. The van der Waals surface area contributed by atoms with Crippen LogP contribution >= 0.6 is 0 Å². The minimum Gasteiger partial charge on any atom is -0.363 e. The van der Waals surface area contributed by atoms with Crippen molar-refractivity contribution in [3.05, 3.63) is 0 Å². The van der Waals surface area contributed by atoms with Gasteiger partial charge in [-0.05, 0) is 18.8 Å². The van der Waals surface area contributed by atoms with E-state index in [4.69, 9.17) is 5.41 Å². The lowest BCUT2D eigenvalue weighted by molar-refractivity contribution is 0.278. The number of rotatable bonds is 1. The molecule has 0 amide bonds. The van der Waals surface area contributed by atoms with Crippen LogP contribution in [0.25, 0.3) is 0 Å². The number of nitrogens with one attached hydrogen (secondary N) is 1. The zero-order valence-corrected chi connectivity index (χ0v) is 5.93. The van der Waals surface area contributed by atoms with E-state index in [1.807, 2.05) is 0 Å². The summed E-state index contributed by atoms with van der Waals surface area (Å²) >= 11 is 0. The summed E-state index contributed by atoms with van der Waals surface area (Å²) in [5, 5.41) is 6.99. The number of likely N-dealkylation sites (tertiary alicyclic amines) is 1. The van der Waals surface area contributed by atoms with Crippen LogP contribution in [-0.2, 0) is 0 Å². The standard InChI is InChI=1S/C7H14N2/c1-7-3-2-4-9(5-7)6-8/h6-8H,2-5H2,1H3/t7-/m1/s1. The second-order valence-corrected chi connectivity index (χ2v) is 2.87. The fourth-order valence-corrected chi connectivity index (χ4v) is 1.34. The maximum absolute atomic E-state index is 6.99. The molecule has 1 aliphatic heterocycles. The maximum atomic E-state index is 6.99. The van der Waals surface area contributed by atoms with E-state index in [0.29, 0.717) is 0 Å². The molecule has 0 saturated carbocycles. The number of hydrogen-bond donors (Lipinski definition) is 1. The van der Waals surface area contributed by atoms with Crippen molar-refractivity contribution in [3.63, 3.8) is 0 Å². The average Bonchev–Trinajstić information content (AvgIpc) is 1.88. The Kier molecular flexibility index (Phi) is 2.09. The van der Waals surface area contributed by atoms with Gasteiger partial charge in [-0.2, -0.15) is 0 Å². The van der Waals surface area contributed by atoms with Gasteiger partial charge in [0.1, 0.15) is 0 Å². The van der Waals surface area contributed by atoms with E-state index in [9.17, 15) is 0 Å². The van der Waals surface area contributed by atoms with Crippen molar-refractivity contribution in [1.29, 1.82) is 5.41 Å². The molecule has 0 aromatic rings. The Bertz CT molecular complexity index is 101. The van der Waals surface area contributed by atoms with Gasteiger partial charge in [0.25, 0.3) is 0 Å². The largest absolute Gasteiger partial charge is 0.363 e. The predicted octanol–water partition coefficient (Wildman–Crippen LogP) is 1.33. The summed E-state index contributed by atoms with van der Waals surface area (Å²) in [4.78, 5) is 2.08. The first-order valence-corrected chi connectivity index (χ1v) is 3.57. The Labute approximate surface area is 56.4 Å². The summed E-state index contributed by atoms with van der Waals surface area (Å²) in [6, 6.07) is 0. The van der Waals surface area contributed by atoms with Gasteiger partial charge >= 0.3 is 0 Å². The fourth-order valence-electron chi connectivity index (χ4n) is 1.34. The van der Waals surface area contributed by atoms with Crippen LogP contribution in [-0.4, -0.2) is 24.3 Å². The zero-order valence-electron chi connectivity index (χ0n) is 5.93. The molecule has 1 atom stereocenters. The van der Waals surface area contributed by atoms with E-state index >= 15 is 0 Å². The summed E-state index contributed by atoms with van der Waals surface area (Å²) in [6.07, 6.45) is 4.05. The van der Waals surface area contributed by atoms with Gasteiger partial charge in [0.15, 0.2) is 0 Å². The van der Waals surface area contributed by atoms with E-state index < -0.39 is 0 Å². The van der Waals surface area contributed by atoms with E-state index in [1.54, 1.807) is 0 Å². The minimum atomic E-state index is 0.792. The molecule has 0 aromatic heterocycles.